The molecule has 0 aromatic heterocycles. The van der Waals surface area contributed by atoms with Crippen LogP contribution in [0.5, 0.6) is 0 Å². The van der Waals surface area contributed by atoms with Gasteiger partial charge in [-0.1, -0.05) is 49.2 Å². The third-order valence-corrected chi connectivity index (χ3v) is 4.30. The second-order valence-corrected chi connectivity index (χ2v) is 6.38. The van der Waals surface area contributed by atoms with E-state index in [-0.39, 0.29) is 0 Å². The molecule has 0 spiro atoms. The molecule has 1 saturated heterocycles. The van der Waals surface area contributed by atoms with Crippen LogP contribution >= 0.6 is 23.2 Å². The van der Waals surface area contributed by atoms with E-state index in [2.05, 4.69) is 25.2 Å². The predicted octanol–water partition coefficient (Wildman–Crippen LogP) is 4.17. The van der Waals surface area contributed by atoms with Gasteiger partial charge in [0.15, 0.2) is 0 Å². The zero-order valence-electron chi connectivity index (χ0n) is 10.4. The van der Waals surface area contributed by atoms with E-state index in [1.165, 1.54) is 12.0 Å². The SMILES string of the molecule is CC(C)CC1(Cc2cccc(Cl)c2Cl)CNC1. The molecule has 1 aliphatic rings. The maximum Gasteiger partial charge on any atom is 0.0624 e. The van der Waals surface area contributed by atoms with Crippen LogP contribution in [0.4, 0.5) is 0 Å². The van der Waals surface area contributed by atoms with E-state index < -0.39 is 0 Å². The summed E-state index contributed by atoms with van der Waals surface area (Å²) in [5.74, 6) is 0.718. The van der Waals surface area contributed by atoms with Crippen molar-refractivity contribution in [1.82, 2.24) is 5.32 Å². The minimum absolute atomic E-state index is 0.377. The van der Waals surface area contributed by atoms with Crippen molar-refractivity contribution in [1.29, 1.82) is 0 Å². The monoisotopic (exact) mass is 271 g/mol. The molecule has 1 fully saturated rings. The normalized spacial score (nSPS) is 18.2. The van der Waals surface area contributed by atoms with Crippen LogP contribution in [0.2, 0.25) is 10.0 Å². The molecule has 1 nitrogen and oxygen atoms in total. The summed E-state index contributed by atoms with van der Waals surface area (Å²) >= 11 is 12.3. The van der Waals surface area contributed by atoms with E-state index in [0.29, 0.717) is 10.4 Å². The quantitative estimate of drug-likeness (QED) is 0.867. The molecule has 1 aromatic carbocycles. The highest BCUT2D eigenvalue weighted by Gasteiger charge is 2.37. The summed E-state index contributed by atoms with van der Waals surface area (Å²) in [5, 5.41) is 4.77. The lowest BCUT2D eigenvalue weighted by atomic mass is 9.71. The highest BCUT2D eigenvalue weighted by Crippen LogP contribution is 2.37. The number of rotatable bonds is 4. The average molecular weight is 272 g/mol. The van der Waals surface area contributed by atoms with Crippen LogP contribution in [0.25, 0.3) is 0 Å². The number of benzene rings is 1. The molecule has 0 amide bonds. The van der Waals surface area contributed by atoms with Gasteiger partial charge in [0, 0.05) is 13.1 Å². The molecule has 17 heavy (non-hydrogen) atoms. The van der Waals surface area contributed by atoms with E-state index in [0.717, 1.165) is 30.5 Å². The highest BCUT2D eigenvalue weighted by molar-refractivity contribution is 6.42. The molecule has 94 valence electrons. The summed E-state index contributed by atoms with van der Waals surface area (Å²) in [7, 11) is 0. The molecule has 0 saturated carbocycles. The molecular weight excluding hydrogens is 253 g/mol. The van der Waals surface area contributed by atoms with Crippen LogP contribution in [0.3, 0.4) is 0 Å². The molecule has 0 atom stereocenters. The van der Waals surface area contributed by atoms with Gasteiger partial charge in [-0.25, -0.2) is 0 Å². The molecule has 1 N–H and O–H groups in total. The third-order valence-electron chi connectivity index (χ3n) is 3.44. The van der Waals surface area contributed by atoms with Crippen LogP contribution in [0.1, 0.15) is 25.8 Å². The summed E-state index contributed by atoms with van der Waals surface area (Å²) in [6.07, 6.45) is 2.26. The number of halogens is 2. The molecule has 0 bridgehead atoms. The lowest BCUT2D eigenvalue weighted by Gasteiger charge is -2.44. The highest BCUT2D eigenvalue weighted by atomic mass is 35.5. The zero-order chi connectivity index (χ0) is 12.5. The smallest absolute Gasteiger partial charge is 0.0624 e. The van der Waals surface area contributed by atoms with Gasteiger partial charge < -0.3 is 5.32 Å². The van der Waals surface area contributed by atoms with Crippen LogP contribution in [0.15, 0.2) is 18.2 Å². The number of hydrogen-bond donors (Lipinski definition) is 1. The van der Waals surface area contributed by atoms with Gasteiger partial charge in [0.1, 0.15) is 0 Å². The van der Waals surface area contributed by atoms with Crippen molar-refractivity contribution in [2.45, 2.75) is 26.7 Å². The Morgan fingerprint density at radius 2 is 2.00 bits per heavy atom. The van der Waals surface area contributed by atoms with E-state index in [9.17, 15) is 0 Å². The Hall–Kier alpha value is -0.240. The Kier molecular flexibility index (Phi) is 4.02. The average Bonchev–Trinajstić information content (AvgIpc) is 2.21. The van der Waals surface area contributed by atoms with Gasteiger partial charge in [0.2, 0.25) is 0 Å². The van der Waals surface area contributed by atoms with Gasteiger partial charge in [0.05, 0.1) is 10.0 Å². The van der Waals surface area contributed by atoms with Crippen LogP contribution in [0, 0.1) is 11.3 Å². The summed E-state index contributed by atoms with van der Waals surface area (Å²) in [5.41, 5.74) is 1.56. The lowest BCUT2D eigenvalue weighted by Crippen LogP contribution is -2.55. The largest absolute Gasteiger partial charge is 0.316 e. The third kappa shape index (κ3) is 2.96. The first kappa shape index (κ1) is 13.2. The van der Waals surface area contributed by atoms with E-state index in [1.807, 2.05) is 12.1 Å². The van der Waals surface area contributed by atoms with Crippen LogP contribution in [-0.4, -0.2) is 13.1 Å². The lowest BCUT2D eigenvalue weighted by molar-refractivity contribution is 0.131. The van der Waals surface area contributed by atoms with Gasteiger partial charge in [-0.05, 0) is 35.8 Å². The Balaban J connectivity index is 2.16. The number of nitrogens with one attached hydrogen (secondary N) is 1. The van der Waals surface area contributed by atoms with E-state index in [1.54, 1.807) is 0 Å². The fourth-order valence-electron chi connectivity index (χ4n) is 2.78. The molecule has 0 unspecified atom stereocenters. The van der Waals surface area contributed by atoms with Gasteiger partial charge in [-0.15, -0.1) is 0 Å². The zero-order valence-corrected chi connectivity index (χ0v) is 11.9. The maximum atomic E-state index is 6.26. The van der Waals surface area contributed by atoms with E-state index in [4.69, 9.17) is 23.2 Å². The second-order valence-electron chi connectivity index (χ2n) is 5.59. The summed E-state index contributed by atoms with van der Waals surface area (Å²) in [6.45, 7) is 6.74. The van der Waals surface area contributed by atoms with E-state index >= 15 is 0 Å². The van der Waals surface area contributed by atoms with Crippen molar-refractivity contribution in [3.63, 3.8) is 0 Å². The molecule has 1 heterocycles. The fourth-order valence-corrected chi connectivity index (χ4v) is 3.16. The molecular formula is C14H19Cl2N. The molecule has 1 aliphatic heterocycles. The van der Waals surface area contributed by atoms with Gasteiger partial charge >= 0.3 is 0 Å². The van der Waals surface area contributed by atoms with Crippen molar-refractivity contribution in [2.75, 3.05) is 13.1 Å². The van der Waals surface area contributed by atoms with Crippen molar-refractivity contribution in [3.05, 3.63) is 33.8 Å². The van der Waals surface area contributed by atoms with Crippen LogP contribution < -0.4 is 5.32 Å². The minimum atomic E-state index is 0.377. The first-order valence-corrected chi connectivity index (χ1v) is 6.92. The van der Waals surface area contributed by atoms with Crippen molar-refractivity contribution in [3.8, 4) is 0 Å². The molecule has 0 radical (unpaired) electrons. The van der Waals surface area contributed by atoms with Gasteiger partial charge in [0.25, 0.3) is 0 Å². The second kappa shape index (κ2) is 5.17. The van der Waals surface area contributed by atoms with Crippen molar-refractivity contribution < 1.29 is 0 Å². The summed E-state index contributed by atoms with van der Waals surface area (Å²) in [4.78, 5) is 0. The van der Waals surface area contributed by atoms with Crippen molar-refractivity contribution in [2.24, 2.45) is 11.3 Å². The topological polar surface area (TPSA) is 12.0 Å². The Bertz CT molecular complexity index is 397. The minimum Gasteiger partial charge on any atom is -0.316 e. The first-order valence-electron chi connectivity index (χ1n) is 6.16. The van der Waals surface area contributed by atoms with Crippen LogP contribution in [-0.2, 0) is 6.42 Å². The fraction of sp³-hybridized carbons (Fsp3) is 0.571. The Morgan fingerprint density at radius 3 is 2.53 bits per heavy atom. The summed E-state index contributed by atoms with van der Waals surface area (Å²) < 4.78 is 0. The summed E-state index contributed by atoms with van der Waals surface area (Å²) in [6, 6.07) is 5.93. The standard InChI is InChI=1S/C14H19Cl2N/c1-10(2)6-14(8-17-9-14)7-11-4-3-5-12(15)13(11)16/h3-5,10,17H,6-9H2,1-2H3. The Labute approximate surface area is 114 Å². The van der Waals surface area contributed by atoms with Gasteiger partial charge in [-0.3, -0.25) is 0 Å². The van der Waals surface area contributed by atoms with Gasteiger partial charge in [-0.2, -0.15) is 0 Å². The molecule has 3 heteroatoms. The predicted molar refractivity (Wildman–Crippen MR) is 74.9 cm³/mol. The number of hydrogen-bond acceptors (Lipinski definition) is 1. The first-order chi connectivity index (χ1) is 8.02. The molecule has 2 rings (SSSR count). The molecule has 1 aromatic rings. The molecule has 0 aliphatic carbocycles. The Morgan fingerprint density at radius 1 is 1.29 bits per heavy atom. The maximum absolute atomic E-state index is 6.26. The van der Waals surface area contributed by atoms with Crippen molar-refractivity contribution >= 4 is 23.2 Å².